The van der Waals surface area contributed by atoms with Gasteiger partial charge in [0.2, 0.25) is 0 Å². The molecule has 3 heteroatoms. The van der Waals surface area contributed by atoms with Crippen molar-refractivity contribution in [3.05, 3.63) is 0 Å². The van der Waals surface area contributed by atoms with Gasteiger partial charge in [-0.05, 0) is 13.3 Å². The second kappa shape index (κ2) is 5.09. The lowest BCUT2D eigenvalue weighted by molar-refractivity contribution is -0.287. The molecule has 0 aliphatic carbocycles. The molecule has 1 unspecified atom stereocenters. The largest absolute Gasteiger partial charge is 0.547 e. The minimum Gasteiger partial charge on any atom is -0.547 e. The fourth-order valence-corrected chi connectivity index (χ4v) is 0.715. The van der Waals surface area contributed by atoms with Gasteiger partial charge in [-0.15, -0.1) is 0 Å². The second-order valence-corrected chi connectivity index (χ2v) is 2.32. The van der Waals surface area contributed by atoms with Gasteiger partial charge in [-0.1, -0.05) is 19.8 Å². The van der Waals surface area contributed by atoms with Gasteiger partial charge in [0.25, 0.3) is 6.16 Å². The van der Waals surface area contributed by atoms with Crippen LogP contribution in [0.5, 0.6) is 0 Å². The molecule has 0 radical (unpaired) electrons. The van der Waals surface area contributed by atoms with Crippen LogP contribution in [0, 0.1) is 0 Å². The third kappa shape index (κ3) is 5.41. The minimum atomic E-state index is -1.43. The lowest BCUT2D eigenvalue weighted by Crippen LogP contribution is -2.27. The molecule has 0 saturated carbocycles. The molecule has 10 heavy (non-hydrogen) atoms. The standard InChI is InChI=1S/C7H14O3/c1-3-4-5-6(2)10-7(8)9/h6H,3-5H2,1-2H3,(H,8,9)/p-1. The van der Waals surface area contributed by atoms with E-state index in [9.17, 15) is 9.90 Å². The first kappa shape index (κ1) is 9.27. The van der Waals surface area contributed by atoms with Gasteiger partial charge in [0.05, 0.1) is 0 Å². The van der Waals surface area contributed by atoms with E-state index < -0.39 is 6.16 Å². The highest BCUT2D eigenvalue weighted by Crippen LogP contribution is 2.02. The summed E-state index contributed by atoms with van der Waals surface area (Å²) in [6, 6.07) is 0. The van der Waals surface area contributed by atoms with Crippen molar-refractivity contribution in [1.82, 2.24) is 0 Å². The highest BCUT2D eigenvalue weighted by molar-refractivity contribution is 5.54. The fourth-order valence-electron chi connectivity index (χ4n) is 0.715. The molecule has 0 spiro atoms. The van der Waals surface area contributed by atoms with Crippen LogP contribution in [0.15, 0.2) is 0 Å². The number of unbranched alkanes of at least 4 members (excludes halogenated alkanes) is 1. The Labute approximate surface area is 61.0 Å². The second-order valence-electron chi connectivity index (χ2n) is 2.32. The summed E-state index contributed by atoms with van der Waals surface area (Å²) in [6.45, 7) is 3.77. The van der Waals surface area contributed by atoms with Gasteiger partial charge in [0, 0.05) is 6.10 Å². The molecule has 1 atom stereocenters. The number of carbonyl (C=O) groups excluding carboxylic acids is 1. The molecule has 3 nitrogen and oxygen atoms in total. The van der Waals surface area contributed by atoms with Gasteiger partial charge in [0.1, 0.15) is 0 Å². The van der Waals surface area contributed by atoms with Crippen LogP contribution in [0.1, 0.15) is 33.1 Å². The smallest absolute Gasteiger partial charge is 0.252 e. The van der Waals surface area contributed by atoms with E-state index in [2.05, 4.69) is 4.74 Å². The van der Waals surface area contributed by atoms with E-state index in [1.165, 1.54) is 0 Å². The third-order valence-electron chi connectivity index (χ3n) is 1.26. The molecule has 0 aliphatic heterocycles. The molecule has 0 aromatic carbocycles. The maximum Gasteiger partial charge on any atom is 0.252 e. The maximum absolute atomic E-state index is 9.84. The summed E-state index contributed by atoms with van der Waals surface area (Å²) in [6.07, 6.45) is 1.19. The van der Waals surface area contributed by atoms with E-state index in [4.69, 9.17) is 0 Å². The third-order valence-corrected chi connectivity index (χ3v) is 1.26. The first-order valence-electron chi connectivity index (χ1n) is 3.54. The zero-order valence-electron chi connectivity index (χ0n) is 6.42. The number of carbonyl (C=O) groups is 1. The van der Waals surface area contributed by atoms with Crippen molar-refractivity contribution < 1.29 is 14.6 Å². The van der Waals surface area contributed by atoms with E-state index in [1.807, 2.05) is 6.92 Å². The zero-order valence-corrected chi connectivity index (χ0v) is 6.42. The lowest BCUT2D eigenvalue weighted by Gasteiger charge is -2.16. The van der Waals surface area contributed by atoms with Gasteiger partial charge in [-0.2, -0.15) is 0 Å². The Bertz CT molecular complexity index is 101. The molecule has 0 fully saturated rings. The molecular formula is C7H13O3-. The van der Waals surface area contributed by atoms with Crippen LogP contribution in [0.25, 0.3) is 0 Å². The molecule has 0 aliphatic rings. The van der Waals surface area contributed by atoms with E-state index >= 15 is 0 Å². The molecule has 0 bridgehead atoms. The van der Waals surface area contributed by atoms with Gasteiger partial charge in [0.15, 0.2) is 0 Å². The van der Waals surface area contributed by atoms with E-state index in [-0.39, 0.29) is 6.10 Å². The van der Waals surface area contributed by atoms with Crippen molar-refractivity contribution in [2.45, 2.75) is 39.2 Å². The molecule has 0 saturated heterocycles. The zero-order chi connectivity index (χ0) is 7.98. The summed E-state index contributed by atoms with van der Waals surface area (Å²) in [5.74, 6) is 0. The monoisotopic (exact) mass is 145 g/mol. The molecule has 60 valence electrons. The van der Waals surface area contributed by atoms with Crippen LogP contribution in [0.4, 0.5) is 4.79 Å². The van der Waals surface area contributed by atoms with Crippen molar-refractivity contribution in [1.29, 1.82) is 0 Å². The van der Waals surface area contributed by atoms with Crippen LogP contribution >= 0.6 is 0 Å². The van der Waals surface area contributed by atoms with Crippen molar-refractivity contribution >= 4 is 6.16 Å². The van der Waals surface area contributed by atoms with E-state index in [0.717, 1.165) is 19.3 Å². The van der Waals surface area contributed by atoms with Gasteiger partial charge in [-0.25, -0.2) is 0 Å². The summed E-state index contributed by atoms with van der Waals surface area (Å²) in [7, 11) is 0. The Morgan fingerprint density at radius 2 is 2.30 bits per heavy atom. The lowest BCUT2D eigenvalue weighted by atomic mass is 10.2. The van der Waals surface area contributed by atoms with Crippen LogP contribution < -0.4 is 5.11 Å². The minimum absolute atomic E-state index is 0.218. The Morgan fingerprint density at radius 1 is 1.70 bits per heavy atom. The highest BCUT2D eigenvalue weighted by Gasteiger charge is 1.97. The molecule has 0 heterocycles. The fraction of sp³-hybridized carbons (Fsp3) is 0.857. The summed E-state index contributed by atoms with van der Waals surface area (Å²) in [5.41, 5.74) is 0. The van der Waals surface area contributed by atoms with Crippen molar-refractivity contribution in [3.8, 4) is 0 Å². The summed E-state index contributed by atoms with van der Waals surface area (Å²) < 4.78 is 4.36. The quantitative estimate of drug-likeness (QED) is 0.553. The molecule has 0 aromatic rings. The Kier molecular flexibility index (Phi) is 4.72. The maximum atomic E-state index is 9.84. The van der Waals surface area contributed by atoms with Crippen molar-refractivity contribution in [3.63, 3.8) is 0 Å². The summed E-state index contributed by atoms with van der Waals surface area (Å²) in [4.78, 5) is 9.84. The Morgan fingerprint density at radius 3 is 2.70 bits per heavy atom. The molecule has 0 amide bonds. The first-order valence-corrected chi connectivity index (χ1v) is 3.54. The number of hydrogen-bond acceptors (Lipinski definition) is 3. The average molecular weight is 145 g/mol. The number of ether oxygens (including phenoxy) is 1. The van der Waals surface area contributed by atoms with E-state index in [1.54, 1.807) is 6.92 Å². The SMILES string of the molecule is CCCCC(C)OC(=O)[O-]. The first-order chi connectivity index (χ1) is 4.66. The van der Waals surface area contributed by atoms with Crippen LogP contribution in [-0.2, 0) is 4.74 Å². The van der Waals surface area contributed by atoms with Crippen molar-refractivity contribution in [2.75, 3.05) is 0 Å². The van der Waals surface area contributed by atoms with Gasteiger partial charge in [-0.3, -0.25) is 0 Å². The molecule has 0 aromatic heterocycles. The number of carboxylic acid groups (broad SMARTS) is 1. The number of rotatable bonds is 4. The normalized spacial score (nSPS) is 12.6. The Hall–Kier alpha value is -0.730. The van der Waals surface area contributed by atoms with Gasteiger partial charge < -0.3 is 14.6 Å². The molecule has 0 rings (SSSR count). The van der Waals surface area contributed by atoms with Gasteiger partial charge >= 0.3 is 0 Å². The van der Waals surface area contributed by atoms with Crippen LogP contribution in [-0.4, -0.2) is 12.3 Å². The number of hydrogen-bond donors (Lipinski definition) is 0. The van der Waals surface area contributed by atoms with E-state index in [0.29, 0.717) is 0 Å². The molecule has 0 N–H and O–H groups in total. The molecular weight excluding hydrogens is 132 g/mol. The van der Waals surface area contributed by atoms with Crippen LogP contribution in [0.3, 0.4) is 0 Å². The van der Waals surface area contributed by atoms with Crippen molar-refractivity contribution in [2.24, 2.45) is 0 Å². The average Bonchev–Trinajstić information content (AvgIpc) is 1.82. The highest BCUT2D eigenvalue weighted by atomic mass is 16.7. The van der Waals surface area contributed by atoms with Crippen LogP contribution in [0.2, 0.25) is 0 Å². The predicted molar refractivity (Wildman–Crippen MR) is 35.5 cm³/mol. The predicted octanol–water partition coefficient (Wildman–Crippen LogP) is 0.925. The summed E-state index contributed by atoms with van der Waals surface area (Å²) >= 11 is 0. The summed E-state index contributed by atoms with van der Waals surface area (Å²) in [5, 5.41) is 9.84. The topological polar surface area (TPSA) is 49.4 Å². The Balaban J connectivity index is 3.25.